The first-order chi connectivity index (χ1) is 12.5. The molecule has 0 aliphatic carbocycles. The van der Waals surface area contributed by atoms with E-state index in [1.807, 2.05) is 30.3 Å². The van der Waals surface area contributed by atoms with Gasteiger partial charge in [-0.3, -0.25) is 10.00 Å². The summed E-state index contributed by atoms with van der Waals surface area (Å²) in [5, 5.41) is 7.17. The number of fused-ring (bicyclic) bond motifs is 1. The molecule has 0 saturated heterocycles. The lowest BCUT2D eigenvalue weighted by atomic mass is 10.0. The molecule has 1 aliphatic heterocycles. The van der Waals surface area contributed by atoms with E-state index in [1.165, 1.54) is 6.20 Å². The van der Waals surface area contributed by atoms with Gasteiger partial charge < -0.3 is 0 Å². The summed E-state index contributed by atoms with van der Waals surface area (Å²) in [6.07, 6.45) is -0.946. The van der Waals surface area contributed by atoms with Crippen molar-refractivity contribution in [2.45, 2.75) is 25.7 Å². The zero-order chi connectivity index (χ0) is 18.1. The minimum atomic E-state index is -4.51. The molecule has 4 rings (SSSR count). The Morgan fingerprint density at radius 3 is 2.69 bits per heavy atom. The zero-order valence-electron chi connectivity index (χ0n) is 13.8. The van der Waals surface area contributed by atoms with E-state index in [1.54, 1.807) is 6.20 Å². The largest absolute Gasteiger partial charge is 0.451 e. The fraction of sp³-hybridized carbons (Fsp3) is 0.278. The smallest absolute Gasteiger partial charge is 0.294 e. The lowest BCUT2D eigenvalue weighted by Crippen LogP contribution is -2.31. The third kappa shape index (κ3) is 3.32. The van der Waals surface area contributed by atoms with Gasteiger partial charge in [0.05, 0.1) is 17.6 Å². The van der Waals surface area contributed by atoms with Crippen LogP contribution >= 0.6 is 0 Å². The highest BCUT2D eigenvalue weighted by atomic mass is 19.4. The molecule has 0 radical (unpaired) electrons. The van der Waals surface area contributed by atoms with Crippen molar-refractivity contribution in [3.05, 3.63) is 65.4 Å². The number of nitrogens with zero attached hydrogens (tertiary/aromatic N) is 4. The fourth-order valence-corrected chi connectivity index (χ4v) is 3.17. The number of halogens is 3. The minimum Gasteiger partial charge on any atom is -0.294 e. The maximum absolute atomic E-state index is 12.7. The van der Waals surface area contributed by atoms with Crippen molar-refractivity contribution in [1.82, 2.24) is 25.1 Å². The van der Waals surface area contributed by atoms with Gasteiger partial charge in [-0.05, 0) is 5.56 Å². The van der Waals surface area contributed by atoms with Gasteiger partial charge in [-0.2, -0.15) is 18.3 Å². The van der Waals surface area contributed by atoms with Crippen LogP contribution in [0.1, 0.15) is 22.6 Å². The average Bonchev–Trinajstić information content (AvgIpc) is 3.09. The highest BCUT2D eigenvalue weighted by molar-refractivity contribution is 5.62. The van der Waals surface area contributed by atoms with Gasteiger partial charge in [0.1, 0.15) is 0 Å². The molecule has 3 heterocycles. The third-order valence-corrected chi connectivity index (χ3v) is 4.44. The number of aromatic nitrogens is 4. The van der Waals surface area contributed by atoms with Crippen LogP contribution in [0.25, 0.3) is 11.3 Å². The van der Waals surface area contributed by atoms with Crippen molar-refractivity contribution in [2.24, 2.45) is 0 Å². The Bertz CT molecular complexity index is 905. The quantitative estimate of drug-likeness (QED) is 0.778. The number of H-pyrrole nitrogens is 1. The molecule has 1 aliphatic rings. The molecule has 0 spiro atoms. The van der Waals surface area contributed by atoms with E-state index in [0.29, 0.717) is 31.7 Å². The maximum atomic E-state index is 12.7. The maximum Gasteiger partial charge on any atom is 0.451 e. The molecule has 0 fully saturated rings. The van der Waals surface area contributed by atoms with Gasteiger partial charge >= 0.3 is 6.18 Å². The van der Waals surface area contributed by atoms with Crippen molar-refractivity contribution in [2.75, 3.05) is 6.54 Å². The molecule has 26 heavy (non-hydrogen) atoms. The lowest BCUT2D eigenvalue weighted by Gasteiger charge is -2.28. The van der Waals surface area contributed by atoms with Crippen LogP contribution in [0.3, 0.4) is 0 Å². The molecule has 0 amide bonds. The van der Waals surface area contributed by atoms with Crippen molar-refractivity contribution in [3.63, 3.8) is 0 Å². The molecule has 3 aromatic rings. The first kappa shape index (κ1) is 16.7. The van der Waals surface area contributed by atoms with Crippen LogP contribution in [0.2, 0.25) is 0 Å². The number of benzene rings is 1. The fourth-order valence-electron chi connectivity index (χ4n) is 3.17. The van der Waals surface area contributed by atoms with E-state index >= 15 is 0 Å². The molecular formula is C18H16F3N5. The second kappa shape index (κ2) is 6.53. The van der Waals surface area contributed by atoms with E-state index in [0.717, 1.165) is 22.4 Å². The monoisotopic (exact) mass is 359 g/mol. The standard InChI is InChI=1S/C18H16F3N5/c19-18(20,21)17-22-8-13-10-26(7-6-15(13)24-17)11-14-9-23-25-16(14)12-4-2-1-3-5-12/h1-5,8-9H,6-7,10-11H2,(H,23,25). The van der Waals surface area contributed by atoms with Crippen LogP contribution in [-0.4, -0.2) is 31.6 Å². The average molecular weight is 359 g/mol. The highest BCUT2D eigenvalue weighted by Crippen LogP contribution is 2.28. The van der Waals surface area contributed by atoms with Crippen LogP contribution in [0.5, 0.6) is 0 Å². The summed E-state index contributed by atoms with van der Waals surface area (Å²) in [5.74, 6) is -1.06. The molecule has 0 bridgehead atoms. The molecular weight excluding hydrogens is 343 g/mol. The van der Waals surface area contributed by atoms with Gasteiger partial charge in [0, 0.05) is 43.4 Å². The van der Waals surface area contributed by atoms with Gasteiger partial charge in [-0.1, -0.05) is 30.3 Å². The normalized spacial score (nSPS) is 15.0. The molecule has 134 valence electrons. The van der Waals surface area contributed by atoms with Crippen LogP contribution in [-0.2, 0) is 25.7 Å². The van der Waals surface area contributed by atoms with Crippen LogP contribution < -0.4 is 0 Å². The topological polar surface area (TPSA) is 57.7 Å². The predicted molar refractivity (Wildman–Crippen MR) is 88.9 cm³/mol. The van der Waals surface area contributed by atoms with Crippen molar-refractivity contribution in [3.8, 4) is 11.3 Å². The first-order valence-corrected chi connectivity index (χ1v) is 8.23. The Morgan fingerprint density at radius 1 is 1.12 bits per heavy atom. The number of hydrogen-bond donors (Lipinski definition) is 1. The number of alkyl halides is 3. The Labute approximate surface area is 147 Å². The Kier molecular flexibility index (Phi) is 4.20. The molecule has 5 nitrogen and oxygen atoms in total. The van der Waals surface area contributed by atoms with E-state index in [4.69, 9.17) is 0 Å². The molecule has 0 atom stereocenters. The summed E-state index contributed by atoms with van der Waals surface area (Å²) in [7, 11) is 0. The van der Waals surface area contributed by atoms with E-state index < -0.39 is 12.0 Å². The van der Waals surface area contributed by atoms with E-state index in [2.05, 4.69) is 25.1 Å². The van der Waals surface area contributed by atoms with Gasteiger partial charge in [0.25, 0.3) is 0 Å². The SMILES string of the molecule is FC(F)(F)c1ncc2c(n1)CCN(Cc1cn[nH]c1-c1ccccc1)C2. The second-order valence-corrected chi connectivity index (χ2v) is 6.26. The third-order valence-electron chi connectivity index (χ3n) is 4.44. The van der Waals surface area contributed by atoms with E-state index in [9.17, 15) is 13.2 Å². The Hall–Kier alpha value is -2.74. The summed E-state index contributed by atoms with van der Waals surface area (Å²) < 4.78 is 38.2. The van der Waals surface area contributed by atoms with Crippen molar-refractivity contribution < 1.29 is 13.2 Å². The molecule has 0 unspecified atom stereocenters. The molecule has 2 aromatic heterocycles. The second-order valence-electron chi connectivity index (χ2n) is 6.26. The van der Waals surface area contributed by atoms with Crippen molar-refractivity contribution in [1.29, 1.82) is 0 Å². The molecule has 0 saturated carbocycles. The van der Waals surface area contributed by atoms with E-state index in [-0.39, 0.29) is 0 Å². The van der Waals surface area contributed by atoms with Crippen LogP contribution in [0.4, 0.5) is 13.2 Å². The summed E-state index contributed by atoms with van der Waals surface area (Å²) >= 11 is 0. The van der Waals surface area contributed by atoms with Crippen LogP contribution in [0, 0.1) is 0 Å². The summed E-state index contributed by atoms with van der Waals surface area (Å²) in [4.78, 5) is 9.34. The number of nitrogens with one attached hydrogen (secondary N) is 1. The predicted octanol–water partition coefficient (Wildman–Crippen LogP) is 3.44. The summed E-state index contributed by atoms with van der Waals surface area (Å²) in [6, 6.07) is 9.90. The molecule has 8 heteroatoms. The van der Waals surface area contributed by atoms with Gasteiger partial charge in [-0.15, -0.1) is 0 Å². The number of aromatic amines is 1. The Morgan fingerprint density at radius 2 is 1.92 bits per heavy atom. The zero-order valence-corrected chi connectivity index (χ0v) is 13.8. The summed E-state index contributed by atoms with van der Waals surface area (Å²) in [6.45, 7) is 1.81. The first-order valence-electron chi connectivity index (χ1n) is 8.23. The lowest BCUT2D eigenvalue weighted by molar-refractivity contribution is -0.145. The molecule has 1 aromatic carbocycles. The minimum absolute atomic E-state index is 0.472. The number of hydrogen-bond acceptors (Lipinski definition) is 4. The van der Waals surface area contributed by atoms with Gasteiger partial charge in [-0.25, -0.2) is 9.97 Å². The summed E-state index contributed by atoms with van der Waals surface area (Å²) in [5.41, 5.74) is 4.29. The van der Waals surface area contributed by atoms with Crippen molar-refractivity contribution >= 4 is 0 Å². The van der Waals surface area contributed by atoms with Gasteiger partial charge in [0.2, 0.25) is 5.82 Å². The highest BCUT2D eigenvalue weighted by Gasteiger charge is 2.35. The number of rotatable bonds is 3. The van der Waals surface area contributed by atoms with Gasteiger partial charge in [0.15, 0.2) is 0 Å². The van der Waals surface area contributed by atoms with Crippen LogP contribution in [0.15, 0.2) is 42.7 Å². The molecule has 1 N–H and O–H groups in total. The Balaban J connectivity index is 1.52.